The molecular weight excluding hydrogens is 200 g/mol. The van der Waals surface area contributed by atoms with Gasteiger partial charge in [-0.15, -0.1) is 0 Å². The molecule has 1 aliphatic rings. The highest BCUT2D eigenvalue weighted by Crippen LogP contribution is 2.26. The van der Waals surface area contributed by atoms with Gasteiger partial charge in [0.2, 0.25) is 5.91 Å². The average molecular weight is 226 g/mol. The third-order valence-corrected chi connectivity index (χ3v) is 3.87. The fourth-order valence-electron chi connectivity index (χ4n) is 2.55. The minimum absolute atomic E-state index is 0.00830. The van der Waals surface area contributed by atoms with Crippen molar-refractivity contribution >= 4 is 5.91 Å². The van der Waals surface area contributed by atoms with Gasteiger partial charge >= 0.3 is 0 Å². The molecule has 1 aliphatic carbocycles. The molecule has 1 fully saturated rings. The van der Waals surface area contributed by atoms with E-state index in [2.05, 4.69) is 12.2 Å². The zero-order valence-corrected chi connectivity index (χ0v) is 10.7. The zero-order valence-electron chi connectivity index (χ0n) is 10.7. The standard InChI is InChI=1S/C13H26N2O/c1-3-11(9-14)13(16)15-10(2)12-7-5-4-6-8-12/h10-12H,3-9,14H2,1-2H3,(H,15,16). The van der Waals surface area contributed by atoms with E-state index < -0.39 is 0 Å². The summed E-state index contributed by atoms with van der Waals surface area (Å²) < 4.78 is 0. The molecule has 0 heterocycles. The molecule has 0 aromatic rings. The van der Waals surface area contributed by atoms with Crippen molar-refractivity contribution in [2.24, 2.45) is 17.6 Å². The molecule has 3 N–H and O–H groups in total. The molecule has 0 aromatic carbocycles. The van der Waals surface area contributed by atoms with Gasteiger partial charge in [0, 0.05) is 18.5 Å². The van der Waals surface area contributed by atoms with Crippen LogP contribution in [0.25, 0.3) is 0 Å². The third-order valence-electron chi connectivity index (χ3n) is 3.87. The van der Waals surface area contributed by atoms with Crippen LogP contribution < -0.4 is 11.1 Å². The summed E-state index contributed by atoms with van der Waals surface area (Å²) in [5.41, 5.74) is 5.58. The lowest BCUT2D eigenvalue weighted by molar-refractivity contribution is -0.125. The number of nitrogens with two attached hydrogens (primary N) is 1. The van der Waals surface area contributed by atoms with Gasteiger partial charge in [0.05, 0.1) is 0 Å². The van der Waals surface area contributed by atoms with E-state index in [9.17, 15) is 4.79 Å². The smallest absolute Gasteiger partial charge is 0.224 e. The molecule has 0 radical (unpaired) electrons. The molecule has 0 saturated heterocycles. The predicted molar refractivity (Wildman–Crippen MR) is 67.0 cm³/mol. The highest BCUT2D eigenvalue weighted by atomic mass is 16.1. The van der Waals surface area contributed by atoms with Gasteiger partial charge in [-0.1, -0.05) is 26.2 Å². The van der Waals surface area contributed by atoms with Crippen molar-refractivity contribution in [1.29, 1.82) is 0 Å². The molecule has 1 rings (SSSR count). The Labute approximate surface area is 99.2 Å². The van der Waals surface area contributed by atoms with Crippen molar-refractivity contribution in [2.75, 3.05) is 6.54 Å². The van der Waals surface area contributed by atoms with E-state index in [1.54, 1.807) is 0 Å². The van der Waals surface area contributed by atoms with Gasteiger partial charge in [-0.25, -0.2) is 0 Å². The lowest BCUT2D eigenvalue weighted by Crippen LogP contribution is -2.43. The monoisotopic (exact) mass is 226 g/mol. The fraction of sp³-hybridized carbons (Fsp3) is 0.923. The molecule has 94 valence electrons. The first kappa shape index (κ1) is 13.5. The van der Waals surface area contributed by atoms with E-state index in [0.717, 1.165) is 6.42 Å². The molecule has 16 heavy (non-hydrogen) atoms. The van der Waals surface area contributed by atoms with Crippen molar-refractivity contribution < 1.29 is 4.79 Å². The van der Waals surface area contributed by atoms with Crippen molar-refractivity contribution in [3.05, 3.63) is 0 Å². The van der Waals surface area contributed by atoms with E-state index in [-0.39, 0.29) is 11.8 Å². The lowest BCUT2D eigenvalue weighted by atomic mass is 9.84. The lowest BCUT2D eigenvalue weighted by Gasteiger charge is -2.29. The summed E-state index contributed by atoms with van der Waals surface area (Å²) in [4.78, 5) is 11.9. The summed E-state index contributed by atoms with van der Waals surface area (Å²) >= 11 is 0. The summed E-state index contributed by atoms with van der Waals surface area (Å²) in [6.07, 6.45) is 7.36. The highest BCUT2D eigenvalue weighted by molar-refractivity contribution is 5.79. The quantitative estimate of drug-likeness (QED) is 0.754. The second kappa shape index (κ2) is 6.89. The molecule has 0 bridgehead atoms. The molecule has 0 aromatic heterocycles. The molecule has 2 unspecified atom stereocenters. The Morgan fingerprint density at radius 2 is 2.00 bits per heavy atom. The highest BCUT2D eigenvalue weighted by Gasteiger charge is 2.23. The molecule has 0 aliphatic heterocycles. The number of hydrogen-bond donors (Lipinski definition) is 2. The first-order chi connectivity index (χ1) is 7.69. The van der Waals surface area contributed by atoms with E-state index >= 15 is 0 Å². The second-order valence-electron chi connectivity index (χ2n) is 5.04. The van der Waals surface area contributed by atoms with E-state index in [1.807, 2.05) is 6.92 Å². The maximum atomic E-state index is 11.9. The summed E-state index contributed by atoms with van der Waals surface area (Å²) in [5.74, 6) is 0.807. The van der Waals surface area contributed by atoms with Gasteiger partial charge in [-0.05, 0) is 32.1 Å². The Balaban J connectivity index is 2.36. The van der Waals surface area contributed by atoms with Crippen LogP contribution in [-0.2, 0) is 4.79 Å². The largest absolute Gasteiger partial charge is 0.353 e. The minimum Gasteiger partial charge on any atom is -0.353 e. The SMILES string of the molecule is CCC(CN)C(=O)NC(C)C1CCCCC1. The van der Waals surface area contributed by atoms with Crippen LogP contribution in [0.15, 0.2) is 0 Å². The number of amides is 1. The molecule has 3 heteroatoms. The van der Waals surface area contributed by atoms with Crippen LogP contribution in [0.4, 0.5) is 0 Å². The Hall–Kier alpha value is -0.570. The maximum Gasteiger partial charge on any atom is 0.224 e. The zero-order chi connectivity index (χ0) is 12.0. The van der Waals surface area contributed by atoms with Gasteiger partial charge in [-0.2, -0.15) is 0 Å². The number of carbonyl (C=O) groups excluding carboxylic acids is 1. The Morgan fingerprint density at radius 3 is 2.50 bits per heavy atom. The topological polar surface area (TPSA) is 55.1 Å². The van der Waals surface area contributed by atoms with Crippen LogP contribution in [0.1, 0.15) is 52.4 Å². The van der Waals surface area contributed by atoms with E-state index in [1.165, 1.54) is 32.1 Å². The first-order valence-corrected chi connectivity index (χ1v) is 6.69. The third kappa shape index (κ3) is 3.78. The number of nitrogens with one attached hydrogen (secondary N) is 1. The predicted octanol–water partition coefficient (Wildman–Crippen LogP) is 2.06. The molecule has 1 amide bonds. The van der Waals surface area contributed by atoms with Crippen LogP contribution in [0.2, 0.25) is 0 Å². The van der Waals surface area contributed by atoms with E-state index in [0.29, 0.717) is 18.5 Å². The normalized spacial score (nSPS) is 21.4. The number of rotatable bonds is 5. The van der Waals surface area contributed by atoms with E-state index in [4.69, 9.17) is 5.73 Å². The molecule has 0 spiro atoms. The Bertz CT molecular complexity index is 208. The van der Waals surface area contributed by atoms with Gasteiger partial charge in [0.15, 0.2) is 0 Å². The first-order valence-electron chi connectivity index (χ1n) is 6.69. The summed E-state index contributed by atoms with van der Waals surface area (Å²) in [5, 5.41) is 3.13. The van der Waals surface area contributed by atoms with Gasteiger partial charge < -0.3 is 11.1 Å². The fourth-order valence-corrected chi connectivity index (χ4v) is 2.55. The van der Waals surface area contributed by atoms with Gasteiger partial charge in [-0.3, -0.25) is 4.79 Å². The van der Waals surface area contributed by atoms with Gasteiger partial charge in [0.25, 0.3) is 0 Å². The van der Waals surface area contributed by atoms with Crippen molar-refractivity contribution in [2.45, 2.75) is 58.4 Å². The van der Waals surface area contributed by atoms with Crippen LogP contribution in [-0.4, -0.2) is 18.5 Å². The van der Waals surface area contributed by atoms with Gasteiger partial charge in [0.1, 0.15) is 0 Å². The Kier molecular flexibility index (Phi) is 5.81. The van der Waals surface area contributed by atoms with Crippen LogP contribution in [0.3, 0.4) is 0 Å². The Morgan fingerprint density at radius 1 is 1.38 bits per heavy atom. The summed E-state index contributed by atoms with van der Waals surface area (Å²) in [7, 11) is 0. The van der Waals surface area contributed by atoms with Crippen LogP contribution >= 0.6 is 0 Å². The summed E-state index contributed by atoms with van der Waals surface area (Å²) in [6, 6.07) is 0.313. The number of hydrogen-bond acceptors (Lipinski definition) is 2. The summed E-state index contributed by atoms with van der Waals surface area (Å²) in [6.45, 7) is 4.61. The van der Waals surface area contributed by atoms with Crippen molar-refractivity contribution in [1.82, 2.24) is 5.32 Å². The van der Waals surface area contributed by atoms with Crippen LogP contribution in [0.5, 0.6) is 0 Å². The maximum absolute atomic E-state index is 11.9. The number of carbonyl (C=O) groups is 1. The minimum atomic E-state index is -0.00830. The molecule has 3 nitrogen and oxygen atoms in total. The van der Waals surface area contributed by atoms with Crippen molar-refractivity contribution in [3.63, 3.8) is 0 Å². The molecular formula is C13H26N2O. The van der Waals surface area contributed by atoms with Crippen LogP contribution in [0, 0.1) is 11.8 Å². The molecule has 1 saturated carbocycles. The second-order valence-corrected chi connectivity index (χ2v) is 5.04. The average Bonchev–Trinajstić information content (AvgIpc) is 2.31. The molecule has 2 atom stereocenters. The van der Waals surface area contributed by atoms with Crippen molar-refractivity contribution in [3.8, 4) is 0 Å².